The Labute approximate surface area is 142 Å². The van der Waals surface area contributed by atoms with Gasteiger partial charge in [-0.3, -0.25) is 0 Å². The van der Waals surface area contributed by atoms with E-state index in [-0.39, 0.29) is 11.8 Å². The van der Waals surface area contributed by atoms with E-state index in [0.717, 1.165) is 31.2 Å². The van der Waals surface area contributed by atoms with Gasteiger partial charge in [-0.05, 0) is 70.7 Å². The van der Waals surface area contributed by atoms with Crippen LogP contribution >= 0.6 is 0 Å². The van der Waals surface area contributed by atoms with Crippen LogP contribution in [0.1, 0.15) is 45.4 Å². The zero-order valence-corrected chi connectivity index (χ0v) is 14.8. The van der Waals surface area contributed by atoms with E-state index in [9.17, 15) is 9.90 Å². The summed E-state index contributed by atoms with van der Waals surface area (Å²) in [4.78, 5) is 12.0. The quantitative estimate of drug-likeness (QED) is 0.901. The topological polar surface area (TPSA) is 63.5 Å². The van der Waals surface area contributed by atoms with Gasteiger partial charge in [-0.1, -0.05) is 0 Å². The number of aromatic hydroxyl groups is 1. The molecule has 3 rings (SSSR count). The number of phenolic OH excluding ortho intramolecular Hbond substituents is 1. The van der Waals surface area contributed by atoms with Gasteiger partial charge in [0.05, 0.1) is 0 Å². The van der Waals surface area contributed by atoms with Crippen LogP contribution in [0.15, 0.2) is 18.2 Å². The molecule has 0 saturated carbocycles. The van der Waals surface area contributed by atoms with Gasteiger partial charge in [0, 0.05) is 29.2 Å². The summed E-state index contributed by atoms with van der Waals surface area (Å²) in [6, 6.07) is 5.50. The molecule has 0 fully saturated rings. The molecule has 0 unspecified atom stereocenters. The number of nitrogens with zero attached hydrogens (tertiary/aromatic N) is 1. The summed E-state index contributed by atoms with van der Waals surface area (Å²) in [6.07, 6.45) is 2.52. The van der Waals surface area contributed by atoms with Gasteiger partial charge in [-0.2, -0.15) is 0 Å². The Balaban J connectivity index is 1.82. The second-order valence-electron chi connectivity index (χ2n) is 7.63. The van der Waals surface area contributed by atoms with Crippen molar-refractivity contribution in [1.82, 2.24) is 9.88 Å². The molecular weight excluding hydrogens is 304 g/mol. The Kier molecular flexibility index (Phi) is 4.20. The van der Waals surface area contributed by atoms with Crippen LogP contribution in [0.25, 0.3) is 10.9 Å². The summed E-state index contributed by atoms with van der Waals surface area (Å²) in [5, 5.41) is 13.9. The van der Waals surface area contributed by atoms with Crippen molar-refractivity contribution in [2.75, 3.05) is 0 Å². The zero-order chi connectivity index (χ0) is 17.5. The number of alkyl carbamates (subject to hydrolysis) is 1. The molecule has 1 amide bonds. The molecule has 1 aliphatic rings. The lowest BCUT2D eigenvalue weighted by Crippen LogP contribution is -2.38. The number of hydrogen-bond acceptors (Lipinski definition) is 3. The number of aryl methyl sites for hydroxylation is 1. The Hall–Kier alpha value is -2.17. The van der Waals surface area contributed by atoms with Gasteiger partial charge in [0.25, 0.3) is 0 Å². The largest absolute Gasteiger partial charge is 0.508 e. The SMILES string of the molecule is C[C@@H](Cc1c2n(c3ccc(O)cc13)CCC2)NC(=O)OC(C)(C)C. The van der Waals surface area contributed by atoms with E-state index >= 15 is 0 Å². The van der Waals surface area contributed by atoms with Crippen LogP contribution in [0.2, 0.25) is 0 Å². The standard InChI is InChI=1S/C19H26N2O3/c1-12(20-18(23)24-19(2,3)4)10-14-15-11-13(22)7-8-17(15)21-9-5-6-16(14)21/h7-8,11-12,22H,5-6,9-10H2,1-4H3,(H,20,23)/t12-/m0/s1. The van der Waals surface area contributed by atoms with E-state index in [2.05, 4.69) is 9.88 Å². The maximum atomic E-state index is 12.0. The fraction of sp³-hybridized carbons (Fsp3) is 0.526. The van der Waals surface area contributed by atoms with E-state index in [1.54, 1.807) is 6.07 Å². The summed E-state index contributed by atoms with van der Waals surface area (Å²) in [7, 11) is 0. The van der Waals surface area contributed by atoms with Crippen molar-refractivity contribution >= 4 is 17.0 Å². The summed E-state index contributed by atoms with van der Waals surface area (Å²) in [6.45, 7) is 8.57. The smallest absolute Gasteiger partial charge is 0.407 e. The predicted molar refractivity (Wildman–Crippen MR) is 94.5 cm³/mol. The first-order valence-corrected chi connectivity index (χ1v) is 8.57. The lowest BCUT2D eigenvalue weighted by Gasteiger charge is -2.22. The van der Waals surface area contributed by atoms with E-state index in [1.807, 2.05) is 39.8 Å². The molecule has 5 nitrogen and oxygen atoms in total. The molecule has 1 atom stereocenters. The van der Waals surface area contributed by atoms with E-state index in [0.29, 0.717) is 0 Å². The fourth-order valence-corrected chi connectivity index (χ4v) is 3.50. The molecule has 1 aliphatic heterocycles. The third kappa shape index (κ3) is 3.35. The Morgan fingerprint density at radius 2 is 2.17 bits per heavy atom. The average molecular weight is 330 g/mol. The van der Waals surface area contributed by atoms with Gasteiger partial charge < -0.3 is 19.7 Å². The number of carbonyl (C=O) groups is 1. The highest BCUT2D eigenvalue weighted by atomic mass is 16.6. The van der Waals surface area contributed by atoms with Crippen molar-refractivity contribution in [2.24, 2.45) is 0 Å². The highest BCUT2D eigenvalue weighted by Crippen LogP contribution is 2.34. The molecule has 2 aromatic rings. The number of ether oxygens (including phenoxy) is 1. The summed E-state index contributed by atoms with van der Waals surface area (Å²) < 4.78 is 7.67. The fourth-order valence-electron chi connectivity index (χ4n) is 3.50. The zero-order valence-electron chi connectivity index (χ0n) is 14.8. The van der Waals surface area contributed by atoms with Crippen LogP contribution in [0.3, 0.4) is 0 Å². The van der Waals surface area contributed by atoms with Gasteiger partial charge in [-0.15, -0.1) is 0 Å². The Morgan fingerprint density at radius 1 is 1.42 bits per heavy atom. The molecule has 0 saturated heterocycles. The van der Waals surface area contributed by atoms with Crippen LogP contribution < -0.4 is 5.32 Å². The molecule has 0 aliphatic carbocycles. The maximum Gasteiger partial charge on any atom is 0.407 e. The van der Waals surface area contributed by atoms with Crippen molar-refractivity contribution in [3.8, 4) is 5.75 Å². The molecule has 0 spiro atoms. The molecule has 24 heavy (non-hydrogen) atoms. The average Bonchev–Trinajstić information content (AvgIpc) is 2.99. The van der Waals surface area contributed by atoms with Gasteiger partial charge in [0.1, 0.15) is 11.4 Å². The number of rotatable bonds is 3. The number of hydrogen-bond donors (Lipinski definition) is 2. The molecule has 0 radical (unpaired) electrons. The monoisotopic (exact) mass is 330 g/mol. The minimum atomic E-state index is -0.500. The molecular formula is C19H26N2O3. The van der Waals surface area contributed by atoms with Crippen molar-refractivity contribution in [3.63, 3.8) is 0 Å². The molecule has 1 aromatic heterocycles. The number of nitrogens with one attached hydrogen (secondary N) is 1. The Bertz CT molecular complexity index is 771. The van der Waals surface area contributed by atoms with Crippen LogP contribution in [0.4, 0.5) is 4.79 Å². The van der Waals surface area contributed by atoms with Crippen LogP contribution in [-0.2, 0) is 24.1 Å². The third-order valence-electron chi connectivity index (χ3n) is 4.34. The molecule has 0 bridgehead atoms. The van der Waals surface area contributed by atoms with E-state index < -0.39 is 11.7 Å². The predicted octanol–water partition coefficient (Wildman–Crippen LogP) is 3.75. The number of amides is 1. The highest BCUT2D eigenvalue weighted by Gasteiger charge is 2.24. The number of benzene rings is 1. The minimum Gasteiger partial charge on any atom is -0.508 e. The summed E-state index contributed by atoms with van der Waals surface area (Å²) in [5.74, 6) is 0.278. The number of aromatic nitrogens is 1. The second-order valence-corrected chi connectivity index (χ2v) is 7.63. The minimum absolute atomic E-state index is 0.0434. The first-order valence-electron chi connectivity index (χ1n) is 8.57. The van der Waals surface area contributed by atoms with Crippen LogP contribution in [-0.4, -0.2) is 27.4 Å². The maximum absolute atomic E-state index is 12.0. The Morgan fingerprint density at radius 3 is 2.88 bits per heavy atom. The van der Waals surface area contributed by atoms with Gasteiger partial charge >= 0.3 is 6.09 Å². The highest BCUT2D eigenvalue weighted by molar-refractivity contribution is 5.87. The number of carbonyl (C=O) groups excluding carboxylic acids is 1. The van der Waals surface area contributed by atoms with Crippen molar-refractivity contribution in [3.05, 3.63) is 29.5 Å². The second kappa shape index (κ2) is 6.04. The van der Waals surface area contributed by atoms with Crippen LogP contribution in [0, 0.1) is 0 Å². The molecule has 2 N–H and O–H groups in total. The van der Waals surface area contributed by atoms with E-state index in [4.69, 9.17) is 4.74 Å². The normalized spacial score (nSPS) is 15.3. The third-order valence-corrected chi connectivity index (χ3v) is 4.34. The first kappa shape index (κ1) is 16.7. The summed E-state index contributed by atoms with van der Waals surface area (Å²) in [5.41, 5.74) is 3.22. The number of fused-ring (bicyclic) bond motifs is 3. The molecule has 1 aromatic carbocycles. The lowest BCUT2D eigenvalue weighted by atomic mass is 10.0. The van der Waals surface area contributed by atoms with Crippen molar-refractivity contribution < 1.29 is 14.6 Å². The van der Waals surface area contributed by atoms with Gasteiger partial charge in [0.2, 0.25) is 0 Å². The first-order chi connectivity index (χ1) is 11.2. The molecule has 130 valence electrons. The van der Waals surface area contributed by atoms with E-state index in [1.165, 1.54) is 16.8 Å². The van der Waals surface area contributed by atoms with Crippen LogP contribution in [0.5, 0.6) is 5.75 Å². The molecule has 5 heteroatoms. The van der Waals surface area contributed by atoms with Crippen molar-refractivity contribution in [2.45, 2.75) is 65.1 Å². The van der Waals surface area contributed by atoms with Crippen molar-refractivity contribution in [1.29, 1.82) is 0 Å². The molecule has 2 heterocycles. The van der Waals surface area contributed by atoms with Gasteiger partial charge in [-0.25, -0.2) is 4.79 Å². The lowest BCUT2D eigenvalue weighted by molar-refractivity contribution is 0.0508. The number of phenols is 1. The van der Waals surface area contributed by atoms with Gasteiger partial charge in [0.15, 0.2) is 0 Å². The summed E-state index contributed by atoms with van der Waals surface area (Å²) >= 11 is 0.